The summed E-state index contributed by atoms with van der Waals surface area (Å²) < 4.78 is 0. The van der Waals surface area contributed by atoms with Gasteiger partial charge in [0.2, 0.25) is 0 Å². The van der Waals surface area contributed by atoms with Crippen LogP contribution in [0.2, 0.25) is 0 Å². The largest absolute Gasteiger partial charge is 0.394 e. The summed E-state index contributed by atoms with van der Waals surface area (Å²) in [6.45, 7) is -2.12. The van der Waals surface area contributed by atoms with Crippen molar-refractivity contribution in [3.05, 3.63) is 0 Å². The number of nitrogens with zero attached hydrogens (tertiary/aromatic N) is 1. The minimum absolute atomic E-state index is 0. The summed E-state index contributed by atoms with van der Waals surface area (Å²) in [5.41, 5.74) is 5.42. The standard InChI is InChI=1S/C14H32N2O10.2ClH/c15-1-2-16(3-7(19)11(23)13(25)9(21)5-17)4-8(20)12(24)14(26)10(22)6-18;;/h7-14,17-26H,1-6,15H2;2*1H/t7-,8?,9+,10+,11+,12+,13+,14+;;/m0../s1. The number of halogens is 2. The summed E-state index contributed by atoms with van der Waals surface area (Å²) in [4.78, 5) is 1.32. The minimum Gasteiger partial charge on any atom is -0.394 e. The Bertz CT molecular complexity index is 347. The Kier molecular flexibility index (Phi) is 19.7. The number of rotatable bonds is 14. The maximum absolute atomic E-state index is 9.96. The molecule has 0 aliphatic heterocycles. The van der Waals surface area contributed by atoms with Crippen molar-refractivity contribution in [3.8, 4) is 0 Å². The Hall–Kier alpha value is 0.100. The molecular formula is C14H34Cl2N2O10. The highest BCUT2D eigenvalue weighted by Crippen LogP contribution is 2.10. The minimum atomic E-state index is -1.81. The summed E-state index contributed by atoms with van der Waals surface area (Å²) in [7, 11) is 0. The summed E-state index contributed by atoms with van der Waals surface area (Å²) in [6, 6.07) is 0. The third-order valence-electron chi connectivity index (χ3n) is 3.99. The molecule has 0 bridgehead atoms. The van der Waals surface area contributed by atoms with Crippen LogP contribution in [-0.4, -0.2) is 144 Å². The predicted molar refractivity (Wildman–Crippen MR) is 102 cm³/mol. The zero-order valence-electron chi connectivity index (χ0n) is 15.2. The molecule has 0 aliphatic carbocycles. The van der Waals surface area contributed by atoms with E-state index >= 15 is 0 Å². The van der Waals surface area contributed by atoms with Gasteiger partial charge in [0.25, 0.3) is 0 Å². The Labute approximate surface area is 175 Å². The molecule has 8 atom stereocenters. The first-order chi connectivity index (χ1) is 12.1. The van der Waals surface area contributed by atoms with Crippen molar-refractivity contribution in [2.75, 3.05) is 39.4 Å². The number of nitrogens with two attached hydrogens (primary N) is 1. The van der Waals surface area contributed by atoms with Gasteiger partial charge in [0.15, 0.2) is 0 Å². The van der Waals surface area contributed by atoms with E-state index < -0.39 is 62.0 Å². The SMILES string of the molecule is Cl.Cl.NCCN(CC(O)[C@@H](O)[C@H](O)[C@H](O)CO)C[C@H](O)[C@@H](O)[C@H](O)[C@H](O)CO. The molecule has 0 spiro atoms. The second kappa shape index (κ2) is 16.8. The van der Waals surface area contributed by atoms with Crippen LogP contribution in [0, 0.1) is 0 Å². The lowest BCUT2D eigenvalue weighted by Gasteiger charge is -2.33. The van der Waals surface area contributed by atoms with E-state index in [-0.39, 0.29) is 51.0 Å². The molecule has 0 fully saturated rings. The molecule has 0 aromatic carbocycles. The highest BCUT2D eigenvalue weighted by Gasteiger charge is 2.34. The van der Waals surface area contributed by atoms with Crippen LogP contribution in [0.3, 0.4) is 0 Å². The van der Waals surface area contributed by atoms with E-state index in [0.29, 0.717) is 0 Å². The third-order valence-corrected chi connectivity index (χ3v) is 3.99. The van der Waals surface area contributed by atoms with Crippen molar-refractivity contribution in [2.24, 2.45) is 5.73 Å². The number of hydrogen-bond acceptors (Lipinski definition) is 12. The van der Waals surface area contributed by atoms with Crippen LogP contribution < -0.4 is 5.73 Å². The molecule has 0 aromatic heterocycles. The van der Waals surface area contributed by atoms with Crippen LogP contribution in [0.5, 0.6) is 0 Å². The Morgan fingerprint density at radius 3 is 1.11 bits per heavy atom. The van der Waals surface area contributed by atoms with Crippen LogP contribution in [0.25, 0.3) is 0 Å². The Balaban J connectivity index is -0.00000312. The first kappa shape index (κ1) is 32.8. The van der Waals surface area contributed by atoms with Gasteiger partial charge < -0.3 is 56.8 Å². The summed E-state index contributed by atoms with van der Waals surface area (Å²) in [5.74, 6) is 0. The van der Waals surface area contributed by atoms with Crippen LogP contribution in [0.4, 0.5) is 0 Å². The fraction of sp³-hybridized carbons (Fsp3) is 1.00. The lowest BCUT2D eigenvalue weighted by atomic mass is 10.0. The van der Waals surface area contributed by atoms with Gasteiger partial charge in [0, 0.05) is 26.2 Å². The van der Waals surface area contributed by atoms with Crippen molar-refractivity contribution in [1.29, 1.82) is 0 Å². The lowest BCUT2D eigenvalue weighted by Crippen LogP contribution is -2.53. The van der Waals surface area contributed by atoms with Crippen molar-refractivity contribution in [3.63, 3.8) is 0 Å². The van der Waals surface area contributed by atoms with Gasteiger partial charge in [-0.1, -0.05) is 0 Å². The van der Waals surface area contributed by atoms with Gasteiger partial charge in [-0.2, -0.15) is 0 Å². The molecule has 0 saturated heterocycles. The van der Waals surface area contributed by atoms with E-state index in [9.17, 15) is 40.9 Å². The van der Waals surface area contributed by atoms with E-state index in [0.717, 1.165) is 0 Å². The zero-order valence-corrected chi connectivity index (χ0v) is 16.8. The zero-order chi connectivity index (χ0) is 20.4. The fourth-order valence-corrected chi connectivity index (χ4v) is 2.31. The molecule has 0 rings (SSSR count). The van der Waals surface area contributed by atoms with E-state index in [4.69, 9.17) is 15.9 Å². The van der Waals surface area contributed by atoms with Crippen molar-refractivity contribution in [2.45, 2.75) is 48.8 Å². The molecule has 28 heavy (non-hydrogen) atoms. The predicted octanol–water partition coefficient (Wildman–Crippen LogP) is -6.04. The first-order valence-electron chi connectivity index (χ1n) is 8.19. The topological polar surface area (TPSA) is 232 Å². The second-order valence-electron chi connectivity index (χ2n) is 6.15. The average molecular weight is 461 g/mol. The molecule has 0 saturated carbocycles. The molecule has 0 aromatic rings. The summed E-state index contributed by atoms with van der Waals surface area (Å²) in [5, 5.41) is 94.8. The summed E-state index contributed by atoms with van der Waals surface area (Å²) >= 11 is 0. The summed E-state index contributed by atoms with van der Waals surface area (Å²) in [6.07, 6.45) is -13.7. The molecule has 174 valence electrons. The van der Waals surface area contributed by atoms with Crippen LogP contribution in [0.1, 0.15) is 0 Å². The normalized spacial score (nSPS) is 20.1. The Morgan fingerprint density at radius 1 is 0.571 bits per heavy atom. The highest BCUT2D eigenvalue weighted by molar-refractivity contribution is 5.85. The molecule has 14 heteroatoms. The van der Waals surface area contributed by atoms with E-state index in [1.54, 1.807) is 0 Å². The van der Waals surface area contributed by atoms with Crippen molar-refractivity contribution in [1.82, 2.24) is 4.90 Å². The van der Waals surface area contributed by atoms with Gasteiger partial charge in [0.05, 0.1) is 25.4 Å². The molecular weight excluding hydrogens is 427 g/mol. The van der Waals surface area contributed by atoms with Crippen LogP contribution >= 0.6 is 24.8 Å². The maximum atomic E-state index is 9.96. The first-order valence-corrected chi connectivity index (χ1v) is 8.19. The quantitative estimate of drug-likeness (QED) is 0.116. The molecule has 12 nitrogen and oxygen atoms in total. The molecule has 0 heterocycles. The maximum Gasteiger partial charge on any atom is 0.111 e. The van der Waals surface area contributed by atoms with E-state index in [1.165, 1.54) is 4.90 Å². The third kappa shape index (κ3) is 10.8. The van der Waals surface area contributed by atoms with E-state index in [2.05, 4.69) is 0 Å². The molecule has 0 radical (unpaired) electrons. The van der Waals surface area contributed by atoms with Gasteiger partial charge >= 0.3 is 0 Å². The smallest absolute Gasteiger partial charge is 0.111 e. The van der Waals surface area contributed by atoms with Gasteiger partial charge in [-0.05, 0) is 0 Å². The van der Waals surface area contributed by atoms with Crippen LogP contribution in [0.15, 0.2) is 0 Å². The molecule has 0 amide bonds. The van der Waals surface area contributed by atoms with Gasteiger partial charge in [0.1, 0.15) is 36.6 Å². The highest BCUT2D eigenvalue weighted by atomic mass is 35.5. The van der Waals surface area contributed by atoms with Gasteiger partial charge in [-0.3, -0.25) is 4.90 Å². The monoisotopic (exact) mass is 460 g/mol. The molecule has 0 aliphatic rings. The lowest BCUT2D eigenvalue weighted by molar-refractivity contribution is -0.130. The number of aliphatic hydroxyl groups is 10. The van der Waals surface area contributed by atoms with Gasteiger partial charge in [-0.15, -0.1) is 24.8 Å². The Morgan fingerprint density at radius 2 is 0.857 bits per heavy atom. The van der Waals surface area contributed by atoms with E-state index in [1.807, 2.05) is 0 Å². The number of aliphatic hydroxyl groups excluding tert-OH is 10. The van der Waals surface area contributed by atoms with Crippen LogP contribution in [-0.2, 0) is 0 Å². The second-order valence-corrected chi connectivity index (χ2v) is 6.15. The van der Waals surface area contributed by atoms with Crippen molar-refractivity contribution >= 4 is 24.8 Å². The molecule has 12 N–H and O–H groups in total. The molecule has 1 unspecified atom stereocenters. The number of hydrogen-bond donors (Lipinski definition) is 11. The van der Waals surface area contributed by atoms with Gasteiger partial charge in [-0.25, -0.2) is 0 Å². The fourth-order valence-electron chi connectivity index (χ4n) is 2.31. The average Bonchev–Trinajstić information content (AvgIpc) is 2.63. The van der Waals surface area contributed by atoms with Crippen molar-refractivity contribution < 1.29 is 51.1 Å².